The molecule has 1 atom stereocenters. The van der Waals surface area contributed by atoms with Gasteiger partial charge in [-0.05, 0) is 31.9 Å². The lowest BCUT2D eigenvalue weighted by molar-refractivity contribution is -0.119. The molecule has 0 spiro atoms. The molecule has 1 aromatic carbocycles. The van der Waals surface area contributed by atoms with Crippen molar-refractivity contribution in [3.63, 3.8) is 0 Å². The minimum absolute atomic E-state index is 0.104. The third-order valence-corrected chi connectivity index (χ3v) is 5.99. The number of aryl methyl sites for hydroxylation is 1. The number of aromatic nitrogens is 1. The highest BCUT2D eigenvalue weighted by Crippen LogP contribution is 2.28. The first-order valence-electron chi connectivity index (χ1n) is 10.3. The number of benzene rings is 1. The highest BCUT2D eigenvalue weighted by atomic mass is 32.2. The molecule has 0 unspecified atom stereocenters. The van der Waals surface area contributed by atoms with Crippen molar-refractivity contribution >= 4 is 39.6 Å². The molecule has 1 heterocycles. The van der Waals surface area contributed by atoms with Gasteiger partial charge < -0.3 is 25.7 Å². The van der Waals surface area contributed by atoms with E-state index < -0.39 is 44.8 Å². The molecule has 0 aliphatic rings. The summed E-state index contributed by atoms with van der Waals surface area (Å²) in [6.07, 6.45) is 1.02. The molecule has 6 N–H and O–H groups in total. The summed E-state index contributed by atoms with van der Waals surface area (Å²) in [4.78, 5) is 40.6. The third kappa shape index (κ3) is 7.13. The van der Waals surface area contributed by atoms with Crippen molar-refractivity contribution in [2.45, 2.75) is 38.5 Å². The predicted octanol–water partition coefficient (Wildman–Crippen LogP) is 0.948. The largest absolute Gasteiger partial charge is 0.370 e. The summed E-state index contributed by atoms with van der Waals surface area (Å²) in [6.45, 7) is 2.98. The number of nitrogens with one attached hydrogen (secondary N) is 4. The van der Waals surface area contributed by atoms with Crippen LogP contribution in [0.5, 0.6) is 0 Å². The van der Waals surface area contributed by atoms with Crippen LogP contribution >= 0.6 is 0 Å². The Balaban J connectivity index is 2.44. The van der Waals surface area contributed by atoms with Crippen LogP contribution in [0.25, 0.3) is 0 Å². The van der Waals surface area contributed by atoms with E-state index in [4.69, 9.17) is 11.1 Å². The first-order valence-corrected chi connectivity index (χ1v) is 11.9. The molecule has 0 aliphatic carbocycles. The van der Waals surface area contributed by atoms with E-state index in [0.717, 1.165) is 11.0 Å². The second-order valence-electron chi connectivity index (χ2n) is 7.57. The maximum Gasteiger partial charge on any atom is 0.274 e. The molecule has 0 bridgehead atoms. The average molecular weight is 495 g/mol. The van der Waals surface area contributed by atoms with Crippen molar-refractivity contribution in [3.05, 3.63) is 57.8 Å². The van der Waals surface area contributed by atoms with Gasteiger partial charge in [0.25, 0.3) is 5.56 Å². The summed E-state index contributed by atoms with van der Waals surface area (Å²) in [5, 5.41) is 9.76. The molecule has 0 radical (unpaired) electrons. The Hall–Kier alpha value is -3.74. The van der Waals surface area contributed by atoms with E-state index in [1.54, 1.807) is 0 Å². The minimum Gasteiger partial charge on any atom is -0.370 e. The van der Waals surface area contributed by atoms with Crippen LogP contribution in [0.2, 0.25) is 0 Å². The second kappa shape index (κ2) is 11.4. The first kappa shape index (κ1) is 26.5. The van der Waals surface area contributed by atoms with E-state index in [2.05, 4.69) is 15.0 Å². The van der Waals surface area contributed by atoms with Crippen LogP contribution in [0.1, 0.15) is 31.0 Å². The highest BCUT2D eigenvalue weighted by Gasteiger charge is 2.28. The summed E-state index contributed by atoms with van der Waals surface area (Å²) in [7, 11) is -4.27. The minimum atomic E-state index is -4.27. The molecule has 2 rings (SSSR count). The molecule has 13 heteroatoms. The smallest absolute Gasteiger partial charge is 0.274 e. The number of aromatic amines is 1. The van der Waals surface area contributed by atoms with Crippen LogP contribution in [-0.4, -0.2) is 44.1 Å². The van der Waals surface area contributed by atoms with Gasteiger partial charge in [-0.1, -0.05) is 18.2 Å². The number of guanidine groups is 1. The van der Waals surface area contributed by atoms with Crippen LogP contribution in [0.3, 0.4) is 0 Å². The molecule has 0 aliphatic heterocycles. The fourth-order valence-electron chi connectivity index (χ4n) is 3.35. The zero-order chi connectivity index (χ0) is 25.5. The van der Waals surface area contributed by atoms with E-state index in [-0.39, 0.29) is 30.2 Å². The van der Waals surface area contributed by atoms with Crippen LogP contribution < -0.4 is 26.2 Å². The van der Waals surface area contributed by atoms with Gasteiger partial charge in [-0.15, -0.1) is 0 Å². The first-order chi connectivity index (χ1) is 15.9. The molecule has 184 valence electrons. The number of carbonyl (C=O) groups excluding carboxylic acids is 2. The Morgan fingerprint density at radius 2 is 2.03 bits per heavy atom. The normalized spacial score (nSPS) is 12.0. The predicted molar refractivity (Wildman–Crippen MR) is 127 cm³/mol. The zero-order valence-electron chi connectivity index (χ0n) is 18.7. The summed E-state index contributed by atoms with van der Waals surface area (Å²) < 4.78 is 41.7. The number of rotatable bonds is 11. The summed E-state index contributed by atoms with van der Waals surface area (Å²) in [5.41, 5.74) is 4.04. The molecule has 2 aromatic rings. The van der Waals surface area contributed by atoms with E-state index in [9.17, 15) is 27.2 Å². The molecule has 11 nitrogen and oxygen atoms in total. The number of hydrogen-bond acceptors (Lipinski definition) is 6. The van der Waals surface area contributed by atoms with Gasteiger partial charge in [0.1, 0.15) is 17.8 Å². The maximum absolute atomic E-state index is 14.0. The lowest BCUT2D eigenvalue weighted by atomic mass is 10.1. The monoisotopic (exact) mass is 494 g/mol. The van der Waals surface area contributed by atoms with E-state index in [0.29, 0.717) is 18.4 Å². The Morgan fingerprint density at radius 1 is 1.35 bits per heavy atom. The van der Waals surface area contributed by atoms with Crippen LogP contribution in [0.4, 0.5) is 15.8 Å². The second-order valence-corrected chi connectivity index (χ2v) is 9.29. The number of sulfonamides is 1. The Bertz CT molecular complexity index is 1230. The number of H-pyrrole nitrogens is 1. The number of hydrogen-bond donors (Lipinski definition) is 5. The average Bonchev–Trinajstić information content (AvgIpc) is 2.73. The zero-order valence-corrected chi connectivity index (χ0v) is 19.5. The fraction of sp³-hybridized carbons (Fsp3) is 0.333. The Morgan fingerprint density at radius 3 is 2.62 bits per heavy atom. The number of amides is 1. The SMILES string of the molecule is CC(=O)N(c1cc(C)[nH]c(=O)c1NS(=O)(=O)Cc1ccccc1F)[C@H](C=O)CCCNC(=N)N. The summed E-state index contributed by atoms with van der Waals surface area (Å²) in [6, 6.07) is 5.65. The van der Waals surface area contributed by atoms with Gasteiger partial charge in [0.05, 0.1) is 17.5 Å². The van der Waals surface area contributed by atoms with Crippen LogP contribution in [-0.2, 0) is 25.4 Å². The van der Waals surface area contributed by atoms with Gasteiger partial charge in [-0.2, -0.15) is 0 Å². The van der Waals surface area contributed by atoms with Gasteiger partial charge in [-0.25, -0.2) is 12.8 Å². The van der Waals surface area contributed by atoms with Crippen molar-refractivity contribution < 1.29 is 22.4 Å². The number of aldehydes is 1. The third-order valence-electron chi connectivity index (χ3n) is 4.79. The van der Waals surface area contributed by atoms with Gasteiger partial charge in [-0.3, -0.25) is 19.7 Å². The molecule has 34 heavy (non-hydrogen) atoms. The summed E-state index contributed by atoms with van der Waals surface area (Å²) in [5.74, 6) is -2.32. The van der Waals surface area contributed by atoms with Crippen molar-refractivity contribution in [1.82, 2.24) is 10.3 Å². The molecule has 0 fully saturated rings. The maximum atomic E-state index is 14.0. The van der Waals surface area contributed by atoms with Crippen molar-refractivity contribution in [2.24, 2.45) is 5.73 Å². The van der Waals surface area contributed by atoms with Crippen molar-refractivity contribution in [1.29, 1.82) is 5.41 Å². The van der Waals surface area contributed by atoms with Gasteiger partial charge in [0.15, 0.2) is 5.96 Å². The van der Waals surface area contributed by atoms with E-state index in [1.165, 1.54) is 38.1 Å². The van der Waals surface area contributed by atoms with Crippen molar-refractivity contribution in [3.8, 4) is 0 Å². The van der Waals surface area contributed by atoms with Crippen LogP contribution in [0, 0.1) is 18.2 Å². The number of nitrogens with two attached hydrogens (primary N) is 1. The lowest BCUT2D eigenvalue weighted by Crippen LogP contribution is -2.42. The quantitative estimate of drug-likeness (QED) is 0.133. The highest BCUT2D eigenvalue weighted by molar-refractivity contribution is 7.91. The van der Waals surface area contributed by atoms with Gasteiger partial charge >= 0.3 is 0 Å². The molecule has 1 aromatic heterocycles. The molecule has 1 amide bonds. The number of pyridine rings is 1. The number of halogens is 1. The van der Waals surface area contributed by atoms with Gasteiger partial charge in [0.2, 0.25) is 15.9 Å². The molecular formula is C21H27FN6O5S. The Labute approximate surface area is 196 Å². The number of carbonyl (C=O) groups is 2. The molecule has 0 saturated heterocycles. The number of anilines is 2. The molecule has 0 saturated carbocycles. The van der Waals surface area contributed by atoms with Gasteiger partial charge in [0, 0.05) is 24.7 Å². The van der Waals surface area contributed by atoms with E-state index >= 15 is 0 Å². The lowest BCUT2D eigenvalue weighted by Gasteiger charge is -2.29. The molecular weight excluding hydrogens is 467 g/mol. The standard InChI is InChI=1S/C21H27FN6O5S/c1-13-10-18(28(14(2)30)16(11-29)7-5-9-25-21(23)24)19(20(31)26-13)27-34(32,33)12-15-6-3-4-8-17(15)22/h3-4,6,8,10-11,16,27H,5,7,9,12H2,1-2H3,(H,26,31)(H4,23,24,25)/t16-/m0/s1. The summed E-state index contributed by atoms with van der Waals surface area (Å²) >= 11 is 0. The van der Waals surface area contributed by atoms with Crippen molar-refractivity contribution in [2.75, 3.05) is 16.2 Å². The fourth-order valence-corrected chi connectivity index (χ4v) is 4.57. The van der Waals surface area contributed by atoms with Crippen LogP contribution in [0.15, 0.2) is 35.1 Å². The number of nitrogens with zero attached hydrogens (tertiary/aromatic N) is 1. The Kier molecular flexibility index (Phi) is 8.90. The van der Waals surface area contributed by atoms with E-state index in [1.807, 2.05) is 0 Å². The topological polar surface area (TPSA) is 178 Å².